The Morgan fingerprint density at radius 1 is 1.35 bits per heavy atom. The lowest BCUT2D eigenvalue weighted by atomic mass is 10.1. The van der Waals surface area contributed by atoms with Gasteiger partial charge in [0, 0.05) is 12.2 Å². The average molecular weight is 292 g/mol. The van der Waals surface area contributed by atoms with Crippen LogP contribution in [0.4, 0.5) is 0 Å². The number of esters is 1. The van der Waals surface area contributed by atoms with Gasteiger partial charge in [0.15, 0.2) is 5.82 Å². The van der Waals surface area contributed by atoms with Gasteiger partial charge in [0.05, 0.1) is 12.7 Å². The Balaban J connectivity index is 2.00. The second kappa shape index (κ2) is 6.42. The predicted octanol–water partition coefficient (Wildman–Crippen LogP) is 1.63. The van der Waals surface area contributed by atoms with Crippen molar-refractivity contribution in [2.75, 3.05) is 13.0 Å². The van der Waals surface area contributed by atoms with Gasteiger partial charge in [0.1, 0.15) is 0 Å². The van der Waals surface area contributed by atoms with E-state index in [9.17, 15) is 4.79 Å². The van der Waals surface area contributed by atoms with Crippen LogP contribution in [-0.2, 0) is 16.9 Å². The molecule has 106 valence electrons. The van der Waals surface area contributed by atoms with Gasteiger partial charge in [0.25, 0.3) is 0 Å². The van der Waals surface area contributed by atoms with Gasteiger partial charge in [-0.15, -0.1) is 10.2 Å². The van der Waals surface area contributed by atoms with Gasteiger partial charge in [-0.3, -0.25) is 0 Å². The molecule has 1 heterocycles. The van der Waals surface area contributed by atoms with Crippen LogP contribution in [0.2, 0.25) is 0 Å². The van der Waals surface area contributed by atoms with Crippen LogP contribution in [0.3, 0.4) is 0 Å². The van der Waals surface area contributed by atoms with Crippen molar-refractivity contribution in [2.45, 2.75) is 24.3 Å². The zero-order chi connectivity index (χ0) is 14.5. The summed E-state index contributed by atoms with van der Waals surface area (Å²) in [5, 5.41) is 8.72. The molecule has 0 aliphatic heterocycles. The Labute approximate surface area is 121 Å². The molecule has 0 atom stereocenters. The van der Waals surface area contributed by atoms with Gasteiger partial charge in [-0.1, -0.05) is 30.8 Å². The lowest BCUT2D eigenvalue weighted by Gasteiger charge is -2.04. The highest BCUT2D eigenvalue weighted by atomic mass is 32.2. The topological polar surface area (TPSA) is 83.0 Å². The van der Waals surface area contributed by atoms with E-state index < -0.39 is 0 Å². The molecule has 1 aromatic heterocycles. The number of ether oxygens (including phenoxy) is 1. The summed E-state index contributed by atoms with van der Waals surface area (Å²) in [6, 6.07) is 7.26. The number of nitrogens with zero attached hydrogens (tertiary/aromatic N) is 3. The van der Waals surface area contributed by atoms with E-state index in [1.54, 1.807) is 12.1 Å². The van der Waals surface area contributed by atoms with Gasteiger partial charge < -0.3 is 10.6 Å². The summed E-state index contributed by atoms with van der Waals surface area (Å²) in [7, 11) is 1.37. The van der Waals surface area contributed by atoms with Crippen LogP contribution in [0.5, 0.6) is 0 Å². The van der Waals surface area contributed by atoms with Crippen LogP contribution in [0, 0.1) is 0 Å². The molecule has 0 radical (unpaired) electrons. The van der Waals surface area contributed by atoms with E-state index in [0.717, 1.165) is 17.8 Å². The van der Waals surface area contributed by atoms with Crippen LogP contribution in [0.1, 0.15) is 28.7 Å². The number of carbonyl (C=O) groups is 1. The van der Waals surface area contributed by atoms with Crippen molar-refractivity contribution in [2.24, 2.45) is 0 Å². The number of carbonyl (C=O) groups excluding carboxylic acids is 1. The number of hydrogen-bond donors (Lipinski definition) is 1. The van der Waals surface area contributed by atoms with E-state index in [0.29, 0.717) is 16.5 Å². The van der Waals surface area contributed by atoms with E-state index in [4.69, 9.17) is 5.84 Å². The Hall–Kier alpha value is -2.02. The maximum Gasteiger partial charge on any atom is 0.337 e. The molecule has 2 N–H and O–H groups in total. The Bertz CT molecular complexity index is 595. The van der Waals surface area contributed by atoms with Crippen molar-refractivity contribution in [1.29, 1.82) is 0 Å². The molecule has 6 nitrogen and oxygen atoms in total. The average Bonchev–Trinajstić information content (AvgIpc) is 2.85. The SMILES string of the molecule is CCc1nnc(SCc2ccc(C(=O)OC)cc2)n1N. The molecule has 1 aromatic carbocycles. The zero-order valence-corrected chi connectivity index (χ0v) is 12.2. The first-order valence-corrected chi connectivity index (χ1v) is 7.13. The fourth-order valence-corrected chi connectivity index (χ4v) is 2.48. The summed E-state index contributed by atoms with van der Waals surface area (Å²) < 4.78 is 6.16. The molecule has 0 aliphatic carbocycles. The van der Waals surface area contributed by atoms with Crippen molar-refractivity contribution in [1.82, 2.24) is 14.9 Å². The maximum atomic E-state index is 11.3. The highest BCUT2D eigenvalue weighted by molar-refractivity contribution is 7.98. The van der Waals surface area contributed by atoms with Gasteiger partial charge in [-0.05, 0) is 17.7 Å². The highest BCUT2D eigenvalue weighted by Gasteiger charge is 2.09. The highest BCUT2D eigenvalue weighted by Crippen LogP contribution is 2.20. The quantitative estimate of drug-likeness (QED) is 0.512. The molecule has 0 saturated heterocycles. The van der Waals surface area contributed by atoms with Crippen LogP contribution in [-0.4, -0.2) is 28.0 Å². The van der Waals surface area contributed by atoms with Crippen molar-refractivity contribution in [3.05, 3.63) is 41.2 Å². The van der Waals surface area contributed by atoms with E-state index in [-0.39, 0.29) is 5.97 Å². The molecular weight excluding hydrogens is 276 g/mol. The number of aromatic nitrogens is 3. The molecule has 2 rings (SSSR count). The van der Waals surface area contributed by atoms with Crippen molar-refractivity contribution >= 4 is 17.7 Å². The zero-order valence-electron chi connectivity index (χ0n) is 11.4. The second-order valence-corrected chi connectivity index (χ2v) is 5.04. The molecule has 0 fully saturated rings. The van der Waals surface area contributed by atoms with Crippen LogP contribution >= 0.6 is 11.8 Å². The minimum Gasteiger partial charge on any atom is -0.465 e. The Kier molecular flexibility index (Phi) is 4.62. The van der Waals surface area contributed by atoms with Crippen LogP contribution < -0.4 is 5.84 Å². The van der Waals surface area contributed by atoms with Crippen LogP contribution in [0.15, 0.2) is 29.4 Å². The minimum atomic E-state index is -0.335. The summed E-state index contributed by atoms with van der Waals surface area (Å²) in [5.74, 6) is 7.00. The van der Waals surface area contributed by atoms with Crippen molar-refractivity contribution in [3.63, 3.8) is 0 Å². The second-order valence-electron chi connectivity index (χ2n) is 4.10. The number of methoxy groups -OCH3 is 1. The summed E-state index contributed by atoms with van der Waals surface area (Å²) in [6.07, 6.45) is 0.748. The number of nitrogens with two attached hydrogens (primary N) is 1. The number of aryl methyl sites for hydroxylation is 1. The molecular formula is C13H16N4O2S. The van der Waals surface area contributed by atoms with E-state index >= 15 is 0 Å². The number of benzene rings is 1. The molecule has 20 heavy (non-hydrogen) atoms. The Morgan fingerprint density at radius 2 is 2.05 bits per heavy atom. The smallest absolute Gasteiger partial charge is 0.337 e. The van der Waals surface area contributed by atoms with E-state index in [1.165, 1.54) is 23.5 Å². The third-order valence-corrected chi connectivity index (χ3v) is 3.81. The monoisotopic (exact) mass is 292 g/mol. The summed E-state index contributed by atoms with van der Waals surface area (Å²) in [4.78, 5) is 11.3. The number of nitrogen functional groups attached to an aromatic ring is 1. The molecule has 0 bridgehead atoms. The van der Waals surface area contributed by atoms with Crippen molar-refractivity contribution < 1.29 is 9.53 Å². The first-order valence-electron chi connectivity index (χ1n) is 6.15. The lowest BCUT2D eigenvalue weighted by Crippen LogP contribution is -2.13. The molecule has 0 saturated carbocycles. The molecule has 0 aliphatic rings. The summed E-state index contributed by atoms with van der Waals surface area (Å²) in [5.41, 5.74) is 1.61. The number of rotatable bonds is 5. The predicted molar refractivity (Wildman–Crippen MR) is 76.9 cm³/mol. The molecule has 0 spiro atoms. The fraction of sp³-hybridized carbons (Fsp3) is 0.308. The normalized spacial score (nSPS) is 10.5. The third-order valence-electron chi connectivity index (χ3n) is 2.79. The minimum absolute atomic E-state index is 0.335. The Morgan fingerprint density at radius 3 is 2.60 bits per heavy atom. The molecule has 0 unspecified atom stereocenters. The first kappa shape index (κ1) is 14.4. The van der Waals surface area contributed by atoms with Crippen molar-refractivity contribution in [3.8, 4) is 0 Å². The van der Waals surface area contributed by atoms with E-state index in [2.05, 4.69) is 14.9 Å². The van der Waals surface area contributed by atoms with Gasteiger partial charge in [0.2, 0.25) is 5.16 Å². The molecule has 0 amide bonds. The summed E-state index contributed by atoms with van der Waals surface area (Å²) in [6.45, 7) is 1.98. The molecule has 7 heteroatoms. The summed E-state index contributed by atoms with van der Waals surface area (Å²) >= 11 is 1.50. The number of thioether (sulfide) groups is 1. The molecule has 2 aromatic rings. The standard InChI is InChI=1S/C13H16N4O2S/c1-3-11-15-16-13(17(11)14)20-8-9-4-6-10(7-5-9)12(18)19-2/h4-7H,3,8,14H2,1-2H3. The first-order chi connectivity index (χ1) is 9.65. The van der Waals surface area contributed by atoms with E-state index in [1.807, 2.05) is 19.1 Å². The maximum absolute atomic E-state index is 11.3. The van der Waals surface area contributed by atoms with Crippen LogP contribution in [0.25, 0.3) is 0 Å². The van der Waals surface area contributed by atoms with Gasteiger partial charge >= 0.3 is 5.97 Å². The fourth-order valence-electron chi connectivity index (χ4n) is 1.65. The number of hydrogen-bond acceptors (Lipinski definition) is 6. The van der Waals surface area contributed by atoms with Gasteiger partial charge in [-0.25, -0.2) is 9.47 Å². The van der Waals surface area contributed by atoms with Gasteiger partial charge in [-0.2, -0.15) is 0 Å². The lowest BCUT2D eigenvalue weighted by molar-refractivity contribution is 0.0600. The largest absolute Gasteiger partial charge is 0.465 e. The third kappa shape index (κ3) is 3.11.